The van der Waals surface area contributed by atoms with E-state index in [-0.39, 0.29) is 23.5 Å². The average Bonchev–Trinajstić information content (AvgIpc) is 3.06. The molecule has 0 radical (unpaired) electrons. The summed E-state index contributed by atoms with van der Waals surface area (Å²) in [6, 6.07) is 7.47. The molecule has 1 aliphatic carbocycles. The van der Waals surface area contributed by atoms with E-state index in [0.29, 0.717) is 25.9 Å². The number of nitrogens with zero attached hydrogens (tertiary/aromatic N) is 2. The number of aryl methyl sites for hydroxylation is 1. The van der Waals surface area contributed by atoms with Crippen LogP contribution in [0.2, 0.25) is 0 Å². The molecule has 0 bridgehead atoms. The number of ketones is 1. The third kappa shape index (κ3) is 2.40. The lowest BCUT2D eigenvalue weighted by Crippen LogP contribution is -2.22. The maximum absolute atomic E-state index is 12.7. The smallest absolute Gasteiger partial charge is 0.327 e. The molecule has 8 heteroatoms. The van der Waals surface area contributed by atoms with Crippen molar-refractivity contribution < 1.29 is 14.7 Å². The van der Waals surface area contributed by atoms with Gasteiger partial charge in [0.05, 0.1) is 21.2 Å². The number of benzene rings is 1. The van der Waals surface area contributed by atoms with Crippen LogP contribution in [0.4, 0.5) is 0 Å². The molecular formula is C17H13BrN3O3S+. The van der Waals surface area contributed by atoms with Crippen LogP contribution in [-0.4, -0.2) is 20.6 Å². The predicted octanol–water partition coefficient (Wildman–Crippen LogP) is 2.75. The van der Waals surface area contributed by atoms with Crippen LogP contribution in [0.15, 0.2) is 45.8 Å². The highest BCUT2D eigenvalue weighted by molar-refractivity contribution is 9.10. The van der Waals surface area contributed by atoms with Gasteiger partial charge in [-0.05, 0) is 24.6 Å². The van der Waals surface area contributed by atoms with Crippen molar-refractivity contribution in [1.29, 1.82) is 0 Å². The van der Waals surface area contributed by atoms with Gasteiger partial charge in [-0.1, -0.05) is 33.0 Å². The fourth-order valence-electron chi connectivity index (χ4n) is 3.19. The van der Waals surface area contributed by atoms with E-state index < -0.39 is 11.9 Å². The fraction of sp³-hybridized carbons (Fsp3) is 0.176. The zero-order chi connectivity index (χ0) is 17.9. The van der Waals surface area contributed by atoms with E-state index in [1.807, 2.05) is 24.3 Å². The van der Waals surface area contributed by atoms with Crippen LogP contribution < -0.4 is 5.73 Å². The van der Waals surface area contributed by atoms with Crippen molar-refractivity contribution in [2.75, 3.05) is 0 Å². The van der Waals surface area contributed by atoms with Gasteiger partial charge in [0.15, 0.2) is 11.8 Å². The van der Waals surface area contributed by atoms with E-state index in [9.17, 15) is 14.8 Å². The molecule has 0 saturated heterocycles. The lowest BCUT2D eigenvalue weighted by molar-refractivity contribution is -0.444. The molecule has 6 nitrogen and oxygen atoms in total. The van der Waals surface area contributed by atoms with Gasteiger partial charge in [-0.25, -0.2) is 4.98 Å². The van der Waals surface area contributed by atoms with Gasteiger partial charge in [-0.15, -0.1) is 11.3 Å². The number of carbonyl (C=O) groups is 1. The first-order valence-electron chi connectivity index (χ1n) is 7.53. The second-order valence-electron chi connectivity index (χ2n) is 5.90. The van der Waals surface area contributed by atoms with Crippen molar-refractivity contribution in [1.82, 2.24) is 4.98 Å². The number of allylic oxidation sites excluding steroid dienone is 2. The number of thiazole rings is 1. The lowest BCUT2D eigenvalue weighted by Gasteiger charge is -2.17. The SMILES string of the molecule is Cc1nc2c(s1)C(O)C(=O)C1=C(Cc3cccc(Br)c3)[N+](=O)C(N)=C12. The quantitative estimate of drug-likeness (QED) is 0.730. The van der Waals surface area contributed by atoms with Crippen LogP contribution in [0.3, 0.4) is 0 Å². The first-order valence-corrected chi connectivity index (χ1v) is 9.14. The maximum Gasteiger partial charge on any atom is 0.327 e. The Balaban J connectivity index is 1.90. The first-order chi connectivity index (χ1) is 11.9. The van der Waals surface area contributed by atoms with Crippen molar-refractivity contribution >= 4 is 38.6 Å². The second-order valence-corrected chi connectivity index (χ2v) is 8.05. The van der Waals surface area contributed by atoms with Crippen molar-refractivity contribution in [3.05, 3.63) is 71.9 Å². The van der Waals surface area contributed by atoms with E-state index in [1.165, 1.54) is 11.3 Å². The summed E-state index contributed by atoms with van der Waals surface area (Å²) in [5.74, 6) is -0.552. The Bertz CT molecular complexity index is 1020. The highest BCUT2D eigenvalue weighted by Crippen LogP contribution is 2.46. The van der Waals surface area contributed by atoms with Gasteiger partial charge >= 0.3 is 5.82 Å². The highest BCUT2D eigenvalue weighted by atomic mass is 79.9. The number of aliphatic hydroxyl groups is 1. The summed E-state index contributed by atoms with van der Waals surface area (Å²) >= 11 is 4.63. The third-order valence-electron chi connectivity index (χ3n) is 4.26. The summed E-state index contributed by atoms with van der Waals surface area (Å²) in [5.41, 5.74) is 8.07. The molecule has 2 aromatic rings. The van der Waals surface area contributed by atoms with Gasteiger partial charge in [0.1, 0.15) is 5.57 Å². The normalized spacial score (nSPS) is 19.6. The topological polar surface area (TPSA) is 96.3 Å². The molecule has 126 valence electrons. The van der Waals surface area contributed by atoms with E-state index in [0.717, 1.165) is 10.0 Å². The molecule has 4 rings (SSSR count). The van der Waals surface area contributed by atoms with Gasteiger partial charge in [0, 0.05) is 15.7 Å². The Labute approximate surface area is 155 Å². The number of Topliss-reactive ketones (excluding diaryl/α,β-unsaturated/α-hetero) is 1. The number of halogens is 1. The summed E-state index contributed by atoms with van der Waals surface area (Å²) < 4.78 is 1.46. The summed E-state index contributed by atoms with van der Waals surface area (Å²) in [7, 11) is 0. The number of hydrogen-bond acceptors (Lipinski definition) is 6. The van der Waals surface area contributed by atoms with Gasteiger partial charge in [-0.2, -0.15) is 0 Å². The van der Waals surface area contributed by atoms with Crippen LogP contribution in [-0.2, 0) is 11.2 Å². The zero-order valence-electron chi connectivity index (χ0n) is 13.1. The minimum absolute atomic E-state index is 0.0493. The first kappa shape index (κ1) is 16.3. The van der Waals surface area contributed by atoms with Crippen LogP contribution in [0, 0.1) is 11.8 Å². The van der Waals surface area contributed by atoms with Crippen LogP contribution >= 0.6 is 27.3 Å². The number of aliphatic hydroxyl groups excluding tert-OH is 1. The molecule has 1 aromatic carbocycles. The average molecular weight is 419 g/mol. The standard InChI is InChI=1S/C17H13BrN3O3S/c1-7-20-13-12-11(14(22)15(23)16(13)25-7)10(21(24)17(12)19)6-8-3-2-4-9(18)5-8/h2-5,15,23H,6H2,1H3,(H2,19,24)/q+1. The zero-order valence-corrected chi connectivity index (χ0v) is 15.5. The molecule has 0 fully saturated rings. The maximum atomic E-state index is 12.7. The van der Waals surface area contributed by atoms with Gasteiger partial charge in [0.2, 0.25) is 5.78 Å². The van der Waals surface area contributed by atoms with Crippen molar-refractivity contribution in [2.45, 2.75) is 19.4 Å². The molecule has 1 unspecified atom stereocenters. The molecule has 2 aliphatic rings. The minimum Gasteiger partial charge on any atom is -0.379 e. The van der Waals surface area contributed by atoms with Crippen molar-refractivity contribution in [3.8, 4) is 0 Å². The third-order valence-corrected chi connectivity index (χ3v) is 5.78. The van der Waals surface area contributed by atoms with Gasteiger partial charge in [0.25, 0.3) is 0 Å². The lowest BCUT2D eigenvalue weighted by atomic mass is 9.87. The number of nitroso groups, excluding NO2 is 1. The molecule has 1 atom stereocenters. The summed E-state index contributed by atoms with van der Waals surface area (Å²) in [5, 5.41) is 11.1. The van der Waals surface area contributed by atoms with Crippen LogP contribution in [0.5, 0.6) is 0 Å². The van der Waals surface area contributed by atoms with Gasteiger partial charge < -0.3 is 5.11 Å². The Morgan fingerprint density at radius 2 is 2.16 bits per heavy atom. The van der Waals surface area contributed by atoms with Crippen molar-refractivity contribution in [3.63, 3.8) is 0 Å². The minimum atomic E-state index is -1.31. The molecule has 2 heterocycles. The monoisotopic (exact) mass is 418 g/mol. The highest BCUT2D eigenvalue weighted by Gasteiger charge is 2.48. The summed E-state index contributed by atoms with van der Waals surface area (Å²) in [4.78, 5) is 30.2. The Morgan fingerprint density at radius 1 is 1.40 bits per heavy atom. The van der Waals surface area contributed by atoms with E-state index in [4.69, 9.17) is 5.73 Å². The van der Waals surface area contributed by atoms with Gasteiger partial charge in [-0.3, -0.25) is 10.5 Å². The van der Waals surface area contributed by atoms with E-state index >= 15 is 0 Å². The molecule has 0 amide bonds. The number of carbonyl (C=O) groups excluding carboxylic acids is 1. The largest absolute Gasteiger partial charge is 0.379 e. The molecule has 0 spiro atoms. The molecule has 3 N–H and O–H groups in total. The molecule has 1 aliphatic heterocycles. The van der Waals surface area contributed by atoms with E-state index in [2.05, 4.69) is 20.9 Å². The molecule has 25 heavy (non-hydrogen) atoms. The number of aromatic nitrogens is 1. The predicted molar refractivity (Wildman–Crippen MR) is 96.4 cm³/mol. The molecular weight excluding hydrogens is 406 g/mol. The van der Waals surface area contributed by atoms with Crippen molar-refractivity contribution in [2.24, 2.45) is 5.73 Å². The molecule has 1 aromatic heterocycles. The fourth-order valence-corrected chi connectivity index (χ4v) is 4.55. The Kier molecular flexibility index (Phi) is 3.71. The summed E-state index contributed by atoms with van der Waals surface area (Å²) in [6.07, 6.45) is -1.07. The molecule has 0 saturated carbocycles. The van der Waals surface area contributed by atoms with Crippen LogP contribution in [0.25, 0.3) is 5.57 Å². The number of nitrogens with two attached hydrogens (primary N) is 1. The summed E-state index contributed by atoms with van der Waals surface area (Å²) in [6.45, 7) is 1.78. The second kappa shape index (κ2) is 5.69. The Morgan fingerprint density at radius 3 is 2.88 bits per heavy atom. The number of hydrogen-bond donors (Lipinski definition) is 2. The van der Waals surface area contributed by atoms with E-state index in [1.54, 1.807) is 6.92 Å². The Hall–Kier alpha value is -2.16. The number of fused-ring (bicyclic) bond motifs is 3. The van der Waals surface area contributed by atoms with Crippen LogP contribution in [0.1, 0.15) is 27.2 Å². The number of rotatable bonds is 2.